The molecule has 0 atom stereocenters. The summed E-state index contributed by atoms with van der Waals surface area (Å²) in [5, 5.41) is 2.74. The lowest BCUT2D eigenvalue weighted by Gasteiger charge is -2.20. The van der Waals surface area contributed by atoms with Crippen LogP contribution < -0.4 is 10.2 Å². The second-order valence-corrected chi connectivity index (χ2v) is 7.06. The molecule has 1 saturated heterocycles. The van der Waals surface area contributed by atoms with Gasteiger partial charge in [-0.3, -0.25) is 9.59 Å². The molecule has 0 saturated carbocycles. The zero-order chi connectivity index (χ0) is 20.3. The summed E-state index contributed by atoms with van der Waals surface area (Å²) in [5.74, 6) is -0.929. The summed E-state index contributed by atoms with van der Waals surface area (Å²) in [4.78, 5) is 38.4. The molecule has 2 aromatic carbocycles. The van der Waals surface area contributed by atoms with Gasteiger partial charge in [-0.25, -0.2) is 4.79 Å². The van der Waals surface area contributed by atoms with Crippen molar-refractivity contribution in [2.45, 2.75) is 33.6 Å². The molecule has 1 aliphatic heterocycles. The van der Waals surface area contributed by atoms with E-state index in [1.54, 1.807) is 23.1 Å². The molecular weight excluding hydrogens is 356 g/mol. The van der Waals surface area contributed by atoms with Gasteiger partial charge in [0.05, 0.1) is 16.9 Å². The molecule has 1 N–H and O–H groups in total. The number of amides is 2. The van der Waals surface area contributed by atoms with Crippen molar-refractivity contribution < 1.29 is 19.1 Å². The van der Waals surface area contributed by atoms with Crippen molar-refractivity contribution in [3.05, 3.63) is 58.7 Å². The van der Waals surface area contributed by atoms with Crippen LogP contribution in [0, 0.1) is 20.8 Å². The number of aryl methyl sites for hydroxylation is 3. The van der Waals surface area contributed by atoms with E-state index in [0.717, 1.165) is 23.1 Å². The van der Waals surface area contributed by atoms with E-state index >= 15 is 0 Å². The summed E-state index contributed by atoms with van der Waals surface area (Å²) in [6.07, 6.45) is 1.31. The minimum Gasteiger partial charge on any atom is -0.452 e. The zero-order valence-corrected chi connectivity index (χ0v) is 16.4. The first-order chi connectivity index (χ1) is 13.4. The van der Waals surface area contributed by atoms with E-state index in [9.17, 15) is 14.4 Å². The molecule has 6 nitrogen and oxygen atoms in total. The van der Waals surface area contributed by atoms with Crippen LogP contribution in [-0.4, -0.2) is 30.9 Å². The van der Waals surface area contributed by atoms with Crippen LogP contribution in [0.5, 0.6) is 0 Å². The highest BCUT2D eigenvalue weighted by Crippen LogP contribution is 2.29. The van der Waals surface area contributed by atoms with Crippen LogP contribution in [0.2, 0.25) is 0 Å². The van der Waals surface area contributed by atoms with Gasteiger partial charge in [0.25, 0.3) is 5.91 Å². The summed E-state index contributed by atoms with van der Waals surface area (Å²) in [7, 11) is 0. The van der Waals surface area contributed by atoms with Crippen molar-refractivity contribution in [2.75, 3.05) is 23.4 Å². The van der Waals surface area contributed by atoms with Crippen LogP contribution in [0.15, 0.2) is 36.4 Å². The molecule has 0 aromatic heterocycles. The Balaban J connectivity index is 1.66. The molecule has 2 amide bonds. The number of hydrogen-bond acceptors (Lipinski definition) is 4. The normalized spacial score (nSPS) is 13.5. The lowest BCUT2D eigenvalue weighted by atomic mass is 10.00. The summed E-state index contributed by atoms with van der Waals surface area (Å²) >= 11 is 0. The Morgan fingerprint density at radius 3 is 2.43 bits per heavy atom. The monoisotopic (exact) mass is 380 g/mol. The molecular formula is C22H24N2O4. The fraction of sp³-hybridized carbons (Fsp3) is 0.318. The maximum Gasteiger partial charge on any atom is 0.339 e. The molecule has 0 aliphatic carbocycles. The zero-order valence-electron chi connectivity index (χ0n) is 16.4. The molecule has 1 aliphatic rings. The number of ether oxygens (including phenoxy) is 1. The van der Waals surface area contributed by atoms with E-state index in [1.807, 2.05) is 39.0 Å². The summed E-state index contributed by atoms with van der Waals surface area (Å²) in [5.41, 5.74) is 4.39. The molecule has 0 bridgehead atoms. The summed E-state index contributed by atoms with van der Waals surface area (Å²) in [6.45, 7) is 5.89. The Kier molecular flexibility index (Phi) is 5.78. The van der Waals surface area contributed by atoms with Crippen molar-refractivity contribution in [3.8, 4) is 0 Å². The number of anilines is 2. The maximum absolute atomic E-state index is 12.4. The van der Waals surface area contributed by atoms with Gasteiger partial charge in [-0.2, -0.15) is 0 Å². The average molecular weight is 380 g/mol. The Bertz CT molecular complexity index is 913. The fourth-order valence-electron chi connectivity index (χ4n) is 3.61. The Labute approximate surface area is 164 Å². The Morgan fingerprint density at radius 1 is 1.11 bits per heavy atom. The SMILES string of the molecule is Cc1cc(C)c(C(=O)OCC(=O)Nc2ccccc2N2CCCC2=O)c(C)c1. The maximum atomic E-state index is 12.4. The molecule has 0 spiro atoms. The third-order valence-corrected chi connectivity index (χ3v) is 4.76. The third-order valence-electron chi connectivity index (χ3n) is 4.76. The quantitative estimate of drug-likeness (QED) is 0.805. The molecule has 28 heavy (non-hydrogen) atoms. The lowest BCUT2D eigenvalue weighted by molar-refractivity contribution is -0.119. The van der Waals surface area contributed by atoms with Crippen LogP contribution in [0.4, 0.5) is 11.4 Å². The van der Waals surface area contributed by atoms with Gasteiger partial charge in [0.1, 0.15) is 0 Å². The van der Waals surface area contributed by atoms with Crippen LogP contribution in [-0.2, 0) is 14.3 Å². The smallest absolute Gasteiger partial charge is 0.339 e. The number of rotatable bonds is 5. The molecule has 1 heterocycles. The summed E-state index contributed by atoms with van der Waals surface area (Å²) in [6, 6.07) is 10.9. The second kappa shape index (κ2) is 8.25. The third kappa shape index (κ3) is 4.22. The number of esters is 1. The van der Waals surface area contributed by atoms with Crippen LogP contribution in [0.1, 0.15) is 39.9 Å². The lowest BCUT2D eigenvalue weighted by Crippen LogP contribution is -2.27. The van der Waals surface area contributed by atoms with E-state index in [4.69, 9.17) is 4.74 Å². The first-order valence-electron chi connectivity index (χ1n) is 9.31. The van der Waals surface area contributed by atoms with Crippen LogP contribution >= 0.6 is 0 Å². The number of carbonyl (C=O) groups excluding carboxylic acids is 3. The van der Waals surface area contributed by atoms with Gasteiger partial charge in [-0.15, -0.1) is 0 Å². The standard InChI is InChI=1S/C22H24N2O4/c1-14-11-15(2)21(16(3)12-14)22(27)28-13-19(25)23-17-7-4-5-8-18(17)24-10-6-9-20(24)26/h4-5,7-8,11-12H,6,9-10,13H2,1-3H3,(H,23,25). The van der Waals surface area contributed by atoms with Crippen LogP contribution in [0.3, 0.4) is 0 Å². The van der Waals surface area contributed by atoms with Gasteiger partial charge in [0.2, 0.25) is 5.91 Å². The Hall–Kier alpha value is -3.15. The molecule has 0 radical (unpaired) electrons. The molecule has 0 unspecified atom stereocenters. The molecule has 2 aromatic rings. The van der Waals surface area contributed by atoms with E-state index in [1.165, 1.54) is 0 Å². The number of nitrogens with zero attached hydrogens (tertiary/aromatic N) is 1. The predicted octanol–water partition coefficient (Wildman–Crippen LogP) is 3.53. The molecule has 1 fully saturated rings. The van der Waals surface area contributed by atoms with E-state index in [-0.39, 0.29) is 5.91 Å². The predicted molar refractivity (Wildman–Crippen MR) is 108 cm³/mol. The van der Waals surface area contributed by atoms with Crippen molar-refractivity contribution in [1.29, 1.82) is 0 Å². The molecule has 3 rings (SSSR count). The number of para-hydroxylation sites is 2. The van der Waals surface area contributed by atoms with Crippen molar-refractivity contribution >= 4 is 29.2 Å². The number of hydrogen-bond donors (Lipinski definition) is 1. The highest BCUT2D eigenvalue weighted by atomic mass is 16.5. The largest absolute Gasteiger partial charge is 0.452 e. The first kappa shape index (κ1) is 19.6. The number of carbonyl (C=O) groups is 3. The molecule has 146 valence electrons. The minimum absolute atomic E-state index is 0.0402. The van der Waals surface area contributed by atoms with Gasteiger partial charge in [-0.1, -0.05) is 29.8 Å². The van der Waals surface area contributed by atoms with Gasteiger partial charge in [-0.05, 0) is 50.5 Å². The van der Waals surface area contributed by atoms with Gasteiger partial charge < -0.3 is 15.0 Å². The van der Waals surface area contributed by atoms with E-state index in [0.29, 0.717) is 29.9 Å². The number of nitrogens with one attached hydrogen (secondary N) is 1. The average Bonchev–Trinajstić information content (AvgIpc) is 3.05. The van der Waals surface area contributed by atoms with Crippen LogP contribution in [0.25, 0.3) is 0 Å². The molecule has 6 heteroatoms. The topological polar surface area (TPSA) is 75.7 Å². The van der Waals surface area contributed by atoms with Crippen molar-refractivity contribution in [2.24, 2.45) is 0 Å². The minimum atomic E-state index is -0.520. The first-order valence-corrected chi connectivity index (χ1v) is 9.31. The summed E-state index contributed by atoms with van der Waals surface area (Å²) < 4.78 is 5.22. The highest BCUT2D eigenvalue weighted by Gasteiger charge is 2.24. The fourth-order valence-corrected chi connectivity index (χ4v) is 3.61. The highest BCUT2D eigenvalue weighted by molar-refractivity contribution is 6.03. The Morgan fingerprint density at radius 2 is 1.79 bits per heavy atom. The number of benzene rings is 2. The second-order valence-electron chi connectivity index (χ2n) is 7.06. The van der Waals surface area contributed by atoms with E-state index in [2.05, 4.69) is 5.32 Å². The van der Waals surface area contributed by atoms with Gasteiger partial charge >= 0.3 is 5.97 Å². The van der Waals surface area contributed by atoms with Crippen molar-refractivity contribution in [1.82, 2.24) is 0 Å². The van der Waals surface area contributed by atoms with Crippen molar-refractivity contribution in [3.63, 3.8) is 0 Å². The van der Waals surface area contributed by atoms with Gasteiger partial charge in [0.15, 0.2) is 6.61 Å². The van der Waals surface area contributed by atoms with Gasteiger partial charge in [0, 0.05) is 13.0 Å². The van der Waals surface area contributed by atoms with E-state index < -0.39 is 18.5 Å².